The van der Waals surface area contributed by atoms with Crippen LogP contribution in [0.1, 0.15) is 200 Å². The summed E-state index contributed by atoms with van der Waals surface area (Å²) in [7, 11) is 0. The van der Waals surface area contributed by atoms with Crippen molar-refractivity contribution in [1.29, 1.82) is 0 Å². The van der Waals surface area contributed by atoms with E-state index in [0.29, 0.717) is 0 Å². The Hall–Kier alpha value is -6.52. The predicted molar refractivity (Wildman–Crippen MR) is 345 cm³/mol. The van der Waals surface area contributed by atoms with Gasteiger partial charge in [0.2, 0.25) is 6.71 Å². The number of hydrogen-bond donors (Lipinski definition) is 0. The molecule has 0 N–H and O–H groups in total. The molecule has 0 saturated heterocycles. The molecule has 2 unspecified atom stereocenters. The molecule has 0 bridgehead atoms. The second-order valence-electron chi connectivity index (χ2n) is 30.6. The Balaban J connectivity index is 1.19. The lowest BCUT2D eigenvalue weighted by Gasteiger charge is -2.51. The summed E-state index contributed by atoms with van der Waals surface area (Å²) >= 11 is 0. The summed E-state index contributed by atoms with van der Waals surface area (Å²) < 4.78 is 0. The van der Waals surface area contributed by atoms with Gasteiger partial charge < -0.3 is 14.7 Å². The third kappa shape index (κ3) is 7.44. The molecule has 7 aromatic carbocycles. The minimum absolute atomic E-state index is 0.00599. The summed E-state index contributed by atoms with van der Waals surface area (Å²) in [6.45, 7) is 43.7. The molecule has 1 saturated carbocycles. The smallest absolute Gasteiger partial charge is 0.245 e. The van der Waals surface area contributed by atoms with Gasteiger partial charge >= 0.3 is 0 Å². The van der Waals surface area contributed by atoms with Gasteiger partial charge in [0.15, 0.2) is 0 Å². The van der Waals surface area contributed by atoms with E-state index < -0.39 is 0 Å². The maximum atomic E-state index is 2.85. The largest absolute Gasteiger partial charge is 0.334 e. The van der Waals surface area contributed by atoms with E-state index in [1.807, 2.05) is 0 Å². The molecule has 80 heavy (non-hydrogen) atoms. The van der Waals surface area contributed by atoms with Crippen LogP contribution in [0.4, 0.5) is 34.1 Å². The van der Waals surface area contributed by atoms with E-state index in [9.17, 15) is 0 Å². The van der Waals surface area contributed by atoms with Crippen LogP contribution in [-0.4, -0.2) is 12.3 Å². The Morgan fingerprint density at radius 1 is 0.388 bits per heavy atom. The first-order valence-electron chi connectivity index (χ1n) is 30.3. The molecule has 6 aliphatic rings. The standard InChI is InChI=1S/C76H86BN3/c1-69(2,3)49-27-33-53(34-28-49)78-62-45-55(80-61-39-26-48(47-24-20-19-21-25-47)42-60(61)75(17)40-22-23-41-76(75,80)18)46-63-64(62)77(67-65(78)56-43-51(71(7,8)9)31-37-58(56)73(67,13)14)68-66(79(63)54-35-29-50(30-36-54)70(4,5)6)57-44-52(72(10,11)12)32-38-59(57)74(68,15)16/h19-21,24-39,42-46H,22-23,40-41H2,1-18H3. The van der Waals surface area contributed by atoms with Crippen molar-refractivity contribution in [2.75, 3.05) is 14.7 Å². The van der Waals surface area contributed by atoms with Crippen LogP contribution in [-0.2, 0) is 37.9 Å². The zero-order valence-electron chi connectivity index (χ0n) is 51.6. The SMILES string of the molecule is CC(C)(C)c1ccc(N2C3=C(B4C5=C(c6cc(C(C)(C)C)ccc6C5(C)C)N(c5ccc(C(C)(C)C)cc5)c5cc(N6c7ccc(-c8ccccc8)cc7C7(C)CCCCC67C)cc2c54)C(C)(C)c2ccc(C(C)(C)C)cc23)cc1. The van der Waals surface area contributed by atoms with E-state index >= 15 is 0 Å². The Morgan fingerprint density at radius 3 is 1.27 bits per heavy atom. The molecule has 0 amide bonds. The minimum Gasteiger partial charge on any atom is -0.334 e. The molecular formula is C76H86BN3. The Labute approximate surface area is 481 Å². The lowest BCUT2D eigenvalue weighted by atomic mass is 9.27. The number of allylic oxidation sites excluding steroid dienone is 2. The second-order valence-corrected chi connectivity index (χ2v) is 30.6. The number of benzene rings is 7. The fourth-order valence-electron chi connectivity index (χ4n) is 15.9. The van der Waals surface area contributed by atoms with Crippen molar-refractivity contribution >= 4 is 57.7 Å². The van der Waals surface area contributed by atoms with Crippen molar-refractivity contribution in [1.82, 2.24) is 0 Å². The van der Waals surface area contributed by atoms with E-state index in [0.717, 1.165) is 12.8 Å². The molecule has 7 aromatic rings. The van der Waals surface area contributed by atoms with Crippen molar-refractivity contribution < 1.29 is 0 Å². The van der Waals surface area contributed by atoms with Crippen LogP contribution >= 0.6 is 0 Å². The van der Waals surface area contributed by atoms with Crippen LogP contribution < -0.4 is 20.2 Å². The van der Waals surface area contributed by atoms with E-state index in [2.05, 4.69) is 285 Å². The van der Waals surface area contributed by atoms with E-state index in [4.69, 9.17) is 0 Å². The maximum Gasteiger partial charge on any atom is 0.245 e. The molecule has 0 aromatic heterocycles. The van der Waals surface area contributed by atoms with Gasteiger partial charge in [-0.1, -0.05) is 226 Å². The van der Waals surface area contributed by atoms with Gasteiger partial charge in [-0.05, 0) is 158 Å². The highest BCUT2D eigenvalue weighted by Gasteiger charge is 2.61. The van der Waals surface area contributed by atoms with Gasteiger partial charge in [0.25, 0.3) is 0 Å². The summed E-state index contributed by atoms with van der Waals surface area (Å²) in [6, 6.07) is 58.3. The van der Waals surface area contributed by atoms with Crippen molar-refractivity contribution in [2.45, 2.75) is 194 Å². The molecule has 3 aliphatic carbocycles. The van der Waals surface area contributed by atoms with Crippen LogP contribution in [0.5, 0.6) is 0 Å². The molecular weight excluding hydrogens is 966 g/mol. The van der Waals surface area contributed by atoms with Crippen molar-refractivity contribution in [3.8, 4) is 11.1 Å². The number of fused-ring (bicyclic) bond motifs is 9. The monoisotopic (exact) mass is 1050 g/mol. The van der Waals surface area contributed by atoms with Crippen LogP contribution in [0.15, 0.2) is 157 Å². The predicted octanol–water partition coefficient (Wildman–Crippen LogP) is 19.8. The summed E-state index contributed by atoms with van der Waals surface area (Å²) in [4.78, 5) is 8.38. The van der Waals surface area contributed by atoms with Gasteiger partial charge in [0.1, 0.15) is 0 Å². The summed E-state index contributed by atoms with van der Waals surface area (Å²) in [6.07, 6.45) is 4.70. The Kier molecular flexibility index (Phi) is 11.2. The average molecular weight is 1050 g/mol. The van der Waals surface area contributed by atoms with E-state index in [1.165, 1.54) is 136 Å². The molecule has 0 radical (unpaired) electrons. The van der Waals surface area contributed by atoms with Gasteiger partial charge in [-0.15, -0.1) is 0 Å². The molecule has 13 rings (SSSR count). The molecule has 1 fully saturated rings. The van der Waals surface area contributed by atoms with E-state index in [1.54, 1.807) is 0 Å². The van der Waals surface area contributed by atoms with Crippen LogP contribution in [0, 0.1) is 0 Å². The Bertz CT molecular complexity index is 3600. The van der Waals surface area contributed by atoms with Gasteiger partial charge in [-0.25, -0.2) is 0 Å². The normalized spacial score (nSPS) is 21.5. The third-order valence-corrected chi connectivity index (χ3v) is 20.9. The number of anilines is 6. The maximum absolute atomic E-state index is 2.85. The lowest BCUT2D eigenvalue weighted by Crippen LogP contribution is -2.55. The van der Waals surface area contributed by atoms with E-state index in [-0.39, 0.29) is 50.2 Å². The fraction of sp³-hybridized carbons (Fsp3) is 0.395. The molecule has 4 heteroatoms. The number of hydrogen-bond acceptors (Lipinski definition) is 3. The van der Waals surface area contributed by atoms with Gasteiger partial charge in [0, 0.05) is 72.9 Å². The highest BCUT2D eigenvalue weighted by atomic mass is 15.3. The zero-order valence-corrected chi connectivity index (χ0v) is 51.6. The third-order valence-electron chi connectivity index (χ3n) is 20.9. The molecule has 3 aliphatic heterocycles. The van der Waals surface area contributed by atoms with Crippen LogP contribution in [0.25, 0.3) is 22.5 Å². The lowest BCUT2D eigenvalue weighted by molar-refractivity contribution is 0.195. The molecule has 3 heterocycles. The summed E-state index contributed by atoms with van der Waals surface area (Å²) in [5.74, 6) is 0. The van der Waals surface area contributed by atoms with Crippen molar-refractivity contribution in [3.05, 3.63) is 207 Å². The fourth-order valence-corrected chi connectivity index (χ4v) is 15.9. The number of rotatable bonds is 4. The number of nitrogens with zero attached hydrogens (tertiary/aromatic N) is 3. The highest BCUT2D eigenvalue weighted by Crippen LogP contribution is 2.66. The first-order valence-corrected chi connectivity index (χ1v) is 30.3. The van der Waals surface area contributed by atoms with Crippen LogP contribution in [0.3, 0.4) is 0 Å². The van der Waals surface area contributed by atoms with Crippen molar-refractivity contribution in [2.24, 2.45) is 0 Å². The Morgan fingerprint density at radius 2 is 0.825 bits per heavy atom. The quantitative estimate of drug-likeness (QED) is 0.163. The molecule has 0 spiro atoms. The van der Waals surface area contributed by atoms with Gasteiger partial charge in [0.05, 0.1) is 5.54 Å². The first kappa shape index (κ1) is 52.8. The van der Waals surface area contributed by atoms with Gasteiger partial charge in [-0.3, -0.25) is 0 Å². The second kappa shape index (κ2) is 17.0. The zero-order chi connectivity index (χ0) is 56.8. The first-order chi connectivity index (χ1) is 37.5. The van der Waals surface area contributed by atoms with Crippen molar-refractivity contribution in [3.63, 3.8) is 0 Å². The molecule has 408 valence electrons. The molecule has 3 nitrogen and oxygen atoms in total. The average Bonchev–Trinajstić information content (AvgIpc) is 1.63. The highest BCUT2D eigenvalue weighted by molar-refractivity contribution is 6.92. The van der Waals surface area contributed by atoms with Gasteiger partial charge in [-0.2, -0.15) is 0 Å². The topological polar surface area (TPSA) is 9.72 Å². The summed E-state index contributed by atoms with van der Waals surface area (Å²) in [5, 5.41) is 0. The minimum atomic E-state index is -0.305. The van der Waals surface area contributed by atoms with Crippen LogP contribution in [0.2, 0.25) is 0 Å². The summed E-state index contributed by atoms with van der Waals surface area (Å²) in [5.41, 5.74) is 28.9. The molecule has 2 atom stereocenters.